The van der Waals surface area contributed by atoms with Crippen LogP contribution in [0.4, 0.5) is 4.79 Å². The smallest absolute Gasteiger partial charge is 0.410 e. The van der Waals surface area contributed by atoms with E-state index in [-0.39, 0.29) is 18.4 Å². The Morgan fingerprint density at radius 1 is 0.920 bits per heavy atom. The number of carbonyl (C=O) groups is 2. The standard InChI is InChI=1S/C35H49ClN6O7S/c1-23-24(2)50-33-30(23)31(26-8-10-27(36)11-9-26)38-28(32-40-39-25(3)42(32)33)22-29(43)37-12-14-45-16-18-47-20-21-48-19-17-46-15-13-41(7)34(44)49-35(4,5)6/h8-11,28H,12-22H2,1-7H3,(H,37,43). The number of aromatic nitrogens is 3. The van der Waals surface area contributed by atoms with Crippen molar-refractivity contribution in [1.82, 2.24) is 25.0 Å². The molecule has 1 atom stereocenters. The van der Waals surface area contributed by atoms with Crippen LogP contribution in [0.1, 0.15) is 66.5 Å². The zero-order valence-electron chi connectivity index (χ0n) is 30.0. The number of amides is 2. The van der Waals surface area contributed by atoms with E-state index in [0.29, 0.717) is 76.8 Å². The molecule has 3 heterocycles. The van der Waals surface area contributed by atoms with Gasteiger partial charge in [-0.05, 0) is 59.2 Å². The molecule has 0 saturated carbocycles. The Kier molecular flexibility index (Phi) is 14.8. The van der Waals surface area contributed by atoms with E-state index in [9.17, 15) is 9.59 Å². The molecule has 1 aromatic carbocycles. The molecule has 0 spiro atoms. The van der Waals surface area contributed by atoms with Gasteiger partial charge < -0.3 is 33.9 Å². The van der Waals surface area contributed by atoms with Crippen molar-refractivity contribution in [2.45, 2.75) is 59.6 Å². The molecule has 15 heteroatoms. The summed E-state index contributed by atoms with van der Waals surface area (Å²) >= 11 is 7.87. The Hall–Kier alpha value is -3.40. The van der Waals surface area contributed by atoms with Gasteiger partial charge in [0.15, 0.2) is 5.82 Å². The number of aryl methyl sites for hydroxylation is 2. The van der Waals surface area contributed by atoms with Gasteiger partial charge in [0.05, 0.1) is 65.0 Å². The number of benzene rings is 1. The topological polar surface area (TPSA) is 139 Å². The minimum atomic E-state index is -0.532. The van der Waals surface area contributed by atoms with Crippen LogP contribution in [0, 0.1) is 20.8 Å². The van der Waals surface area contributed by atoms with Crippen LogP contribution in [0.3, 0.4) is 0 Å². The fourth-order valence-corrected chi connectivity index (χ4v) is 6.38. The first-order valence-corrected chi connectivity index (χ1v) is 17.9. The Balaban J connectivity index is 1.12. The third-order valence-corrected chi connectivity index (χ3v) is 9.14. The minimum Gasteiger partial charge on any atom is -0.444 e. The molecule has 0 saturated heterocycles. The molecule has 13 nitrogen and oxygen atoms in total. The van der Waals surface area contributed by atoms with Gasteiger partial charge in [-0.3, -0.25) is 14.4 Å². The SMILES string of the molecule is Cc1sc2c(c1C)C(c1ccc(Cl)cc1)=NC(CC(=O)NCCOCCOCCOCCOCCN(C)C(=O)OC(C)(C)C)c1nnc(C)n1-2. The van der Waals surface area contributed by atoms with Crippen molar-refractivity contribution >= 4 is 40.6 Å². The summed E-state index contributed by atoms with van der Waals surface area (Å²) in [5.74, 6) is 1.22. The summed E-state index contributed by atoms with van der Waals surface area (Å²) in [6.45, 7) is 15.6. The molecule has 0 radical (unpaired) electrons. The second-order valence-electron chi connectivity index (χ2n) is 12.8. The lowest BCUT2D eigenvalue weighted by Gasteiger charge is -2.24. The van der Waals surface area contributed by atoms with E-state index in [1.807, 2.05) is 56.5 Å². The van der Waals surface area contributed by atoms with E-state index in [1.165, 1.54) is 9.78 Å². The third kappa shape index (κ3) is 11.3. The number of thiophene rings is 1. The summed E-state index contributed by atoms with van der Waals surface area (Å²) in [5, 5.41) is 13.4. The van der Waals surface area contributed by atoms with Gasteiger partial charge in [-0.2, -0.15) is 0 Å². The van der Waals surface area contributed by atoms with Gasteiger partial charge >= 0.3 is 6.09 Å². The predicted molar refractivity (Wildman–Crippen MR) is 193 cm³/mol. The zero-order valence-corrected chi connectivity index (χ0v) is 31.6. The van der Waals surface area contributed by atoms with Crippen molar-refractivity contribution < 1.29 is 33.3 Å². The molecule has 0 fully saturated rings. The highest BCUT2D eigenvalue weighted by atomic mass is 35.5. The van der Waals surface area contributed by atoms with Crippen molar-refractivity contribution in [2.75, 3.05) is 73.0 Å². The van der Waals surface area contributed by atoms with Gasteiger partial charge in [-0.15, -0.1) is 21.5 Å². The van der Waals surface area contributed by atoms with E-state index in [2.05, 4.69) is 29.4 Å². The summed E-state index contributed by atoms with van der Waals surface area (Å²) in [6, 6.07) is 7.07. The molecule has 0 aliphatic carbocycles. The molecule has 50 heavy (non-hydrogen) atoms. The molecule has 1 aliphatic rings. The Labute approximate surface area is 303 Å². The third-order valence-electron chi connectivity index (χ3n) is 7.70. The monoisotopic (exact) mass is 732 g/mol. The zero-order chi connectivity index (χ0) is 36.3. The van der Waals surface area contributed by atoms with Crippen LogP contribution in [0.5, 0.6) is 0 Å². The van der Waals surface area contributed by atoms with Crippen LogP contribution in [-0.2, 0) is 28.5 Å². The number of nitrogens with zero attached hydrogens (tertiary/aromatic N) is 5. The Morgan fingerprint density at radius 3 is 2.14 bits per heavy atom. The quantitative estimate of drug-likeness (QED) is 0.174. The van der Waals surface area contributed by atoms with Gasteiger partial charge in [-0.1, -0.05) is 23.7 Å². The van der Waals surface area contributed by atoms with Crippen LogP contribution in [0.2, 0.25) is 5.02 Å². The molecular weight excluding hydrogens is 684 g/mol. The van der Waals surface area contributed by atoms with Gasteiger partial charge in [0.2, 0.25) is 5.91 Å². The lowest BCUT2D eigenvalue weighted by Crippen LogP contribution is -2.36. The van der Waals surface area contributed by atoms with Crippen LogP contribution < -0.4 is 5.32 Å². The van der Waals surface area contributed by atoms with E-state index in [0.717, 1.165) is 33.2 Å². The average Bonchev–Trinajstić information content (AvgIpc) is 3.54. The number of likely N-dealkylation sites (N-methyl/N-ethyl adjacent to an activating group) is 1. The summed E-state index contributed by atoms with van der Waals surface area (Å²) in [7, 11) is 1.68. The molecule has 0 bridgehead atoms. The summed E-state index contributed by atoms with van der Waals surface area (Å²) < 4.78 is 29.5. The van der Waals surface area contributed by atoms with Crippen molar-refractivity contribution in [2.24, 2.45) is 4.99 Å². The van der Waals surface area contributed by atoms with Crippen LogP contribution in [0.25, 0.3) is 5.00 Å². The van der Waals surface area contributed by atoms with Crippen LogP contribution in [-0.4, -0.2) is 116 Å². The largest absolute Gasteiger partial charge is 0.444 e. The number of ether oxygens (including phenoxy) is 5. The highest BCUT2D eigenvalue weighted by Crippen LogP contribution is 2.39. The maximum Gasteiger partial charge on any atom is 0.410 e. The molecule has 1 aliphatic heterocycles. The van der Waals surface area contributed by atoms with Gasteiger partial charge in [0.1, 0.15) is 22.5 Å². The number of carbonyl (C=O) groups excluding carboxylic acids is 2. The molecule has 2 amide bonds. The van der Waals surface area contributed by atoms with Crippen molar-refractivity contribution in [3.05, 3.63) is 62.5 Å². The van der Waals surface area contributed by atoms with Crippen LogP contribution >= 0.6 is 22.9 Å². The molecule has 3 aromatic rings. The van der Waals surface area contributed by atoms with E-state index >= 15 is 0 Å². The maximum absolute atomic E-state index is 13.1. The summed E-state index contributed by atoms with van der Waals surface area (Å²) in [4.78, 5) is 32.8. The number of aliphatic imine (C=N–C) groups is 1. The van der Waals surface area contributed by atoms with Gasteiger partial charge in [0, 0.05) is 41.2 Å². The highest BCUT2D eigenvalue weighted by Gasteiger charge is 2.32. The number of halogens is 1. The van der Waals surface area contributed by atoms with Gasteiger partial charge in [0.25, 0.3) is 0 Å². The Morgan fingerprint density at radius 2 is 1.52 bits per heavy atom. The van der Waals surface area contributed by atoms with Crippen LogP contribution in [0.15, 0.2) is 29.3 Å². The number of hydrogen-bond donors (Lipinski definition) is 1. The fraction of sp³-hybridized carbons (Fsp3) is 0.571. The van der Waals surface area contributed by atoms with Gasteiger partial charge in [-0.25, -0.2) is 4.79 Å². The number of nitrogens with one attached hydrogen (secondary N) is 1. The molecule has 1 N–H and O–H groups in total. The van der Waals surface area contributed by atoms with Crippen molar-refractivity contribution in [3.63, 3.8) is 0 Å². The number of fused-ring (bicyclic) bond motifs is 3. The fourth-order valence-electron chi connectivity index (χ4n) is 5.04. The van der Waals surface area contributed by atoms with E-state index < -0.39 is 11.6 Å². The van der Waals surface area contributed by atoms with E-state index in [1.54, 1.807) is 18.4 Å². The predicted octanol–water partition coefficient (Wildman–Crippen LogP) is 5.24. The second-order valence-corrected chi connectivity index (χ2v) is 14.4. The second kappa shape index (κ2) is 18.7. The summed E-state index contributed by atoms with van der Waals surface area (Å²) in [5.41, 5.74) is 3.37. The normalized spacial score (nSPS) is 14.1. The van der Waals surface area contributed by atoms with E-state index in [4.69, 9.17) is 40.3 Å². The summed E-state index contributed by atoms with van der Waals surface area (Å²) in [6.07, 6.45) is -0.266. The number of hydrogen-bond acceptors (Lipinski definition) is 11. The first-order valence-electron chi connectivity index (χ1n) is 16.7. The molecule has 274 valence electrons. The lowest BCUT2D eigenvalue weighted by atomic mass is 9.99. The highest BCUT2D eigenvalue weighted by molar-refractivity contribution is 7.15. The minimum absolute atomic E-state index is 0.111. The molecular formula is C35H49ClN6O7S. The number of rotatable bonds is 18. The first-order chi connectivity index (χ1) is 23.9. The first kappa shape index (κ1) is 39.4. The molecule has 4 rings (SSSR count). The Bertz CT molecular complexity index is 1600. The molecule has 1 unspecified atom stereocenters. The lowest BCUT2D eigenvalue weighted by molar-refractivity contribution is -0.121. The molecule has 2 aromatic heterocycles. The maximum atomic E-state index is 13.1. The van der Waals surface area contributed by atoms with Crippen molar-refractivity contribution in [3.8, 4) is 5.00 Å². The van der Waals surface area contributed by atoms with Crippen molar-refractivity contribution in [1.29, 1.82) is 0 Å². The average molecular weight is 733 g/mol.